The Hall–Kier alpha value is -3.50. The fourth-order valence-corrected chi connectivity index (χ4v) is 8.90. The predicted molar refractivity (Wildman–Crippen MR) is 211 cm³/mol. The number of nitrogens with one attached hydrogen (secondary N) is 2. The van der Waals surface area contributed by atoms with Crippen molar-refractivity contribution in [1.82, 2.24) is 24.5 Å². The molecule has 0 radical (unpaired) electrons. The minimum atomic E-state index is -5.76. The third-order valence-electron chi connectivity index (χ3n) is 9.21. The lowest BCUT2D eigenvalue weighted by molar-refractivity contribution is -0.646. The Morgan fingerprint density at radius 3 is 1.83 bits per heavy atom. The van der Waals surface area contributed by atoms with Crippen molar-refractivity contribution in [3.05, 3.63) is 32.6 Å². The number of aliphatic hydroxyl groups is 4. The molecule has 0 bridgehead atoms. The molecular weight excluding hydrogens is 972 g/mol. The van der Waals surface area contributed by atoms with Crippen LogP contribution >= 0.6 is 31.3 Å². The number of nitrogens with zero attached hydrogens (tertiary/aromatic N) is 6. The van der Waals surface area contributed by atoms with Gasteiger partial charge in [-0.1, -0.05) is 0 Å². The molecule has 38 heteroatoms. The Kier molecular flexibility index (Phi) is 16.5. The summed E-state index contributed by atoms with van der Waals surface area (Å²) < 4.78 is 91.2. The number of phosphoric ester groups is 4. The predicted octanol–water partition coefficient (Wildman–Crippen LogP) is -5.44. The number of rotatable bonds is 21. The molecule has 2 unspecified atom stereocenters. The second kappa shape index (κ2) is 20.4. The third-order valence-corrected chi connectivity index (χ3v) is 12.2. The number of hydrogen-bond acceptors (Lipinski definition) is 23. The molecule has 366 valence electrons. The van der Waals surface area contributed by atoms with Gasteiger partial charge < -0.3 is 70.7 Å². The highest BCUT2D eigenvalue weighted by molar-refractivity contribution is 7.48. The van der Waals surface area contributed by atoms with E-state index in [1.54, 1.807) is 0 Å². The van der Waals surface area contributed by atoms with E-state index in [1.165, 1.54) is 31.9 Å². The number of phosphoric acid groups is 4. The van der Waals surface area contributed by atoms with Crippen LogP contribution in [0.15, 0.2) is 20.9 Å². The van der Waals surface area contributed by atoms with E-state index in [2.05, 4.69) is 34.0 Å². The van der Waals surface area contributed by atoms with E-state index in [0.717, 1.165) is 15.8 Å². The van der Waals surface area contributed by atoms with Gasteiger partial charge >= 0.3 is 36.9 Å². The van der Waals surface area contributed by atoms with E-state index in [0.29, 0.717) is 0 Å². The summed E-state index contributed by atoms with van der Waals surface area (Å²) in [7, 11) is -19.7. The first-order chi connectivity index (χ1) is 30.0. The van der Waals surface area contributed by atoms with E-state index in [-0.39, 0.29) is 34.4 Å². The number of aromatic nitrogens is 6. The minimum absolute atomic E-state index is 0.0196. The van der Waals surface area contributed by atoms with Crippen molar-refractivity contribution in [3.63, 3.8) is 0 Å². The number of aryl methyl sites for hydroxylation is 1. The van der Waals surface area contributed by atoms with Gasteiger partial charge in [0.15, 0.2) is 6.23 Å². The molecule has 16 N–H and O–H groups in total. The van der Waals surface area contributed by atoms with Crippen LogP contribution in [-0.4, -0.2) is 169 Å². The Morgan fingerprint density at radius 1 is 0.815 bits per heavy atom. The first kappa shape index (κ1) is 52.5. The van der Waals surface area contributed by atoms with Crippen LogP contribution in [0.4, 0.5) is 17.7 Å². The molecule has 3 aromatic rings. The largest absolute Gasteiger partial charge is 0.472 e. The molecule has 0 amide bonds. The van der Waals surface area contributed by atoms with Gasteiger partial charge in [-0.25, -0.2) is 22.8 Å². The zero-order valence-corrected chi connectivity index (χ0v) is 37.1. The Bertz CT molecular complexity index is 2530. The Morgan fingerprint density at radius 2 is 1.31 bits per heavy atom. The van der Waals surface area contributed by atoms with Crippen LogP contribution in [0, 0.1) is 6.92 Å². The molecule has 2 saturated heterocycles. The van der Waals surface area contributed by atoms with Crippen LogP contribution in [-0.2, 0) is 61.9 Å². The molecule has 0 saturated carbocycles. The number of hydrogen-bond donors (Lipinski definition) is 14. The summed E-state index contributed by atoms with van der Waals surface area (Å²) in [6.07, 6.45) is -16.5. The summed E-state index contributed by atoms with van der Waals surface area (Å²) in [6.45, 7) is -3.93. The Balaban J connectivity index is 1.24. The van der Waals surface area contributed by atoms with E-state index in [1.807, 2.05) is 0 Å². The summed E-state index contributed by atoms with van der Waals surface area (Å²) in [6, 6.07) is 0. The van der Waals surface area contributed by atoms with Gasteiger partial charge in [0, 0.05) is 7.05 Å². The molecule has 2 fully saturated rings. The van der Waals surface area contributed by atoms with Crippen molar-refractivity contribution in [3.8, 4) is 0 Å². The summed E-state index contributed by atoms with van der Waals surface area (Å²) in [5.41, 5.74) is 9.80. The number of ether oxygens (including phenoxy) is 2. The SMILES string of the molecule is C/N=C/N(c1nc(N)[nH]c(=O)c1C)[C@@H]1O[C@H](COP(=O)(O)OC[C@H](OP(=O)(O)O)[C@@H](COP(=O)(O)OC[C@H]2O[C@@H](n3c[n+](C)c4c(=O)[nH]c(N)nc43)[C@H](O)[C@@H]2O)OP(=O)(O)O)[C@@H](O)[C@H]1O. The summed E-state index contributed by atoms with van der Waals surface area (Å²) in [5.74, 6) is -0.819. The molecule has 2 aliphatic rings. The molecule has 0 aromatic carbocycles. The van der Waals surface area contributed by atoms with Gasteiger partial charge in [-0.05, 0) is 6.92 Å². The van der Waals surface area contributed by atoms with Gasteiger partial charge in [0.1, 0.15) is 54.6 Å². The molecule has 0 aliphatic carbocycles. The molecule has 5 heterocycles. The van der Waals surface area contributed by atoms with Crippen LogP contribution in [0.5, 0.6) is 0 Å². The zero-order chi connectivity index (χ0) is 48.6. The third kappa shape index (κ3) is 13.1. The maximum Gasteiger partial charge on any atom is 0.472 e. The average molecular weight is 1020 g/mol. The number of nitrogen functional groups attached to an aromatic ring is 2. The number of aliphatic hydroxyl groups excluding tert-OH is 4. The molecule has 65 heavy (non-hydrogen) atoms. The van der Waals surface area contributed by atoms with Crippen LogP contribution in [0.25, 0.3) is 11.2 Å². The second-order valence-corrected chi connectivity index (χ2v) is 19.2. The molecule has 3 aromatic heterocycles. The molecule has 2 aliphatic heterocycles. The van der Waals surface area contributed by atoms with Crippen molar-refractivity contribution in [1.29, 1.82) is 0 Å². The summed E-state index contributed by atoms with van der Waals surface area (Å²) in [5, 5.41) is 42.9. The fourth-order valence-electron chi connectivity index (χ4n) is 6.31. The number of fused-ring (bicyclic) bond motifs is 1. The number of aliphatic imine (C=N–C) groups is 1. The van der Waals surface area contributed by atoms with E-state index in [4.69, 9.17) is 39.0 Å². The van der Waals surface area contributed by atoms with Crippen LogP contribution in [0.2, 0.25) is 0 Å². The number of H-pyrrole nitrogens is 2. The molecule has 5 rings (SSSR count). The van der Waals surface area contributed by atoms with Crippen molar-refractivity contribution >= 4 is 66.5 Å². The number of anilines is 3. The topological polar surface area (TPSA) is 512 Å². The second-order valence-electron chi connectivity index (χ2n) is 13.9. The lowest BCUT2D eigenvalue weighted by Crippen LogP contribution is -2.45. The Labute approximate surface area is 362 Å². The van der Waals surface area contributed by atoms with Crippen molar-refractivity contribution in [2.45, 2.75) is 68.2 Å². The highest BCUT2D eigenvalue weighted by Crippen LogP contribution is 2.50. The molecule has 12 atom stereocenters. The quantitative estimate of drug-likeness (QED) is 0.0205. The van der Waals surface area contributed by atoms with Crippen LogP contribution in [0.1, 0.15) is 11.8 Å². The first-order valence-electron chi connectivity index (χ1n) is 18.1. The number of nitrogens with two attached hydrogens (primary N) is 2. The van der Waals surface area contributed by atoms with Crippen molar-refractivity contribution in [2.24, 2.45) is 12.0 Å². The molecule has 34 nitrogen and oxygen atoms in total. The highest BCUT2D eigenvalue weighted by atomic mass is 31.2. The van der Waals surface area contributed by atoms with Crippen molar-refractivity contribution in [2.75, 3.05) is 49.8 Å². The lowest BCUT2D eigenvalue weighted by Gasteiger charge is -2.28. The lowest BCUT2D eigenvalue weighted by atomic mass is 10.1. The zero-order valence-electron chi connectivity index (χ0n) is 33.6. The van der Waals surface area contributed by atoms with Crippen molar-refractivity contribution < 1.29 is 109 Å². The maximum absolute atomic E-state index is 12.9. The van der Waals surface area contributed by atoms with Gasteiger partial charge in [0.05, 0.1) is 45.4 Å². The normalized spacial score (nSPS) is 27.0. The van der Waals surface area contributed by atoms with Gasteiger partial charge in [-0.3, -0.25) is 56.6 Å². The fraction of sp³-hybridized carbons (Fsp3) is 0.630. The van der Waals surface area contributed by atoms with Gasteiger partial charge in [-0.15, -0.1) is 0 Å². The van der Waals surface area contributed by atoms with Crippen LogP contribution < -0.4 is 32.1 Å². The monoisotopic (exact) mass is 1020 g/mol. The first-order valence-corrected chi connectivity index (χ1v) is 24.1. The van der Waals surface area contributed by atoms with E-state index in [9.17, 15) is 77.6 Å². The van der Waals surface area contributed by atoms with Crippen LogP contribution in [0.3, 0.4) is 0 Å². The summed E-state index contributed by atoms with van der Waals surface area (Å²) >= 11 is 0. The summed E-state index contributed by atoms with van der Waals surface area (Å²) in [4.78, 5) is 101. The molecule has 0 spiro atoms. The minimum Gasteiger partial charge on any atom is -0.387 e. The molecular formula is C27H45N10O24P4+. The maximum atomic E-state index is 12.9. The highest BCUT2D eigenvalue weighted by Gasteiger charge is 2.50. The smallest absolute Gasteiger partial charge is 0.387 e. The standard InChI is InChI=1S/C27H44N10O24P4/c1-10-20(31-26(28)33-22(10)42)36(8-30-2)24-18(40)16(38)13(58-24)6-56-64(50,51)54-4-11(60-62(44,45)46)12(61-63(47,48)49)5-55-65(52,53)57-7-14-17(39)19(41)25(59-14)37-9-35(3)15-21(37)32-27(29)34-23(15)43/h8-9,11-14,16-19,24-25,38-41H,4-7H2,1-3H3,(H11-,28,29,31,32,33,34,42,43,44,45,46,47,48,49,50,51,52,53)/p+1/b30-8+/t11-,12+,13+,14+,16+,17+,18+,19+,24+,25+/m0/s1. The van der Waals surface area contributed by atoms with Gasteiger partial charge in [-0.2, -0.15) is 14.5 Å². The van der Waals surface area contributed by atoms with Gasteiger partial charge in [0.2, 0.25) is 24.5 Å². The average Bonchev–Trinajstić information content (AvgIpc) is 3.77. The van der Waals surface area contributed by atoms with E-state index < -0.39 is 130 Å². The number of imidazole rings is 1. The van der Waals surface area contributed by atoms with Gasteiger partial charge in [0.25, 0.3) is 16.7 Å². The number of aromatic amines is 2. The van der Waals surface area contributed by atoms with E-state index >= 15 is 0 Å².